The highest BCUT2D eigenvalue weighted by molar-refractivity contribution is 5.96. The van der Waals surface area contributed by atoms with Gasteiger partial charge in [-0.1, -0.05) is 13.8 Å². The van der Waals surface area contributed by atoms with Gasteiger partial charge in [-0.25, -0.2) is 4.79 Å². The number of carboxylic acids is 1. The van der Waals surface area contributed by atoms with Crippen molar-refractivity contribution in [1.29, 1.82) is 0 Å². The number of carboxylic acid groups (broad SMARTS) is 1. The number of esters is 1. The van der Waals surface area contributed by atoms with Gasteiger partial charge in [0.15, 0.2) is 6.04 Å². The average molecular weight is 575 g/mol. The van der Waals surface area contributed by atoms with Crippen LogP contribution in [0.1, 0.15) is 82.6 Å². The van der Waals surface area contributed by atoms with Gasteiger partial charge in [-0.05, 0) is 68.2 Å². The Morgan fingerprint density at radius 2 is 1.18 bits per heavy atom. The summed E-state index contributed by atoms with van der Waals surface area (Å²) in [5.41, 5.74) is 3.88. The van der Waals surface area contributed by atoms with Crippen molar-refractivity contribution in [2.45, 2.75) is 124 Å². The molecule has 0 fully saturated rings. The van der Waals surface area contributed by atoms with E-state index in [2.05, 4.69) is 16.0 Å². The fraction of sp³-hybridized carbons (Fsp3) is 0.815. The van der Waals surface area contributed by atoms with Gasteiger partial charge in [-0.15, -0.1) is 0 Å². The number of rotatable bonds is 14. The highest BCUT2D eigenvalue weighted by atomic mass is 16.6. The summed E-state index contributed by atoms with van der Waals surface area (Å²) >= 11 is 0. The minimum Gasteiger partial charge on any atom is -0.480 e. The Hall–Kier alpha value is -2.77. The zero-order valence-electron chi connectivity index (χ0n) is 25.8. The molecule has 13 nitrogen and oxygen atoms in total. The summed E-state index contributed by atoms with van der Waals surface area (Å²) in [6.45, 7) is 18.4. The van der Waals surface area contributed by atoms with Gasteiger partial charge in [0.05, 0.1) is 30.8 Å². The molecule has 0 aliphatic carbocycles. The lowest BCUT2D eigenvalue weighted by Gasteiger charge is -2.28. The van der Waals surface area contributed by atoms with Crippen molar-refractivity contribution in [2.75, 3.05) is 13.2 Å². The maximum Gasteiger partial charge on any atom is 0.328 e. The van der Waals surface area contributed by atoms with Gasteiger partial charge < -0.3 is 41.0 Å². The third-order valence-electron chi connectivity index (χ3n) is 5.00. The van der Waals surface area contributed by atoms with E-state index in [1.165, 1.54) is 0 Å². The van der Waals surface area contributed by atoms with Crippen LogP contribution in [0.4, 0.5) is 0 Å². The fourth-order valence-corrected chi connectivity index (χ4v) is 3.01. The van der Waals surface area contributed by atoms with Gasteiger partial charge in [0, 0.05) is 0 Å². The first-order valence-electron chi connectivity index (χ1n) is 13.3. The smallest absolute Gasteiger partial charge is 0.328 e. The van der Waals surface area contributed by atoms with Gasteiger partial charge in [-0.2, -0.15) is 0 Å². The van der Waals surface area contributed by atoms with E-state index in [0.29, 0.717) is 0 Å². The lowest BCUT2D eigenvalue weighted by Crippen LogP contribution is -2.59. The van der Waals surface area contributed by atoms with Gasteiger partial charge in [0.2, 0.25) is 17.7 Å². The highest BCUT2D eigenvalue weighted by Crippen LogP contribution is 2.12. The van der Waals surface area contributed by atoms with Crippen molar-refractivity contribution in [3.8, 4) is 0 Å². The Bertz CT molecular complexity index is 886. The van der Waals surface area contributed by atoms with Crippen LogP contribution in [0.5, 0.6) is 0 Å². The summed E-state index contributed by atoms with van der Waals surface area (Å²) in [5.74, 6) is -4.93. The monoisotopic (exact) mass is 574 g/mol. The number of amides is 3. The number of hydrogen-bond donors (Lipinski definition) is 5. The molecule has 0 radical (unpaired) electrons. The van der Waals surface area contributed by atoms with Gasteiger partial charge in [0.1, 0.15) is 23.7 Å². The van der Waals surface area contributed by atoms with E-state index in [-0.39, 0.29) is 13.2 Å². The van der Waals surface area contributed by atoms with E-state index in [9.17, 15) is 29.1 Å². The molecule has 0 aromatic rings. The number of nitrogens with one attached hydrogen (secondary N) is 3. The summed E-state index contributed by atoms with van der Waals surface area (Å²) < 4.78 is 16.3. The molecule has 0 bridgehead atoms. The second kappa shape index (κ2) is 15.3. The SMILES string of the molecule is CC(C)[C@H](NC(=O)[C@H](CC(=O)OC(C)(C)C)NC(=O)[C@@H](N)COC(C)(C)C)C(=O)N[C@@H](COC(C)(C)C)C(=O)O. The molecule has 0 saturated carbocycles. The largest absolute Gasteiger partial charge is 0.480 e. The van der Waals surface area contributed by atoms with Crippen molar-refractivity contribution >= 4 is 29.7 Å². The predicted molar refractivity (Wildman–Crippen MR) is 148 cm³/mol. The van der Waals surface area contributed by atoms with Crippen LogP contribution in [0.2, 0.25) is 0 Å². The maximum atomic E-state index is 13.3. The van der Waals surface area contributed by atoms with Crippen LogP contribution in [0, 0.1) is 5.92 Å². The van der Waals surface area contributed by atoms with Crippen molar-refractivity contribution in [3.05, 3.63) is 0 Å². The molecular weight excluding hydrogens is 524 g/mol. The molecule has 0 aliphatic heterocycles. The topological polar surface area (TPSA) is 195 Å². The van der Waals surface area contributed by atoms with Crippen LogP contribution in [0.25, 0.3) is 0 Å². The average Bonchev–Trinajstić information content (AvgIpc) is 2.74. The molecule has 0 aromatic heterocycles. The van der Waals surface area contributed by atoms with Crippen LogP contribution in [0.3, 0.4) is 0 Å². The molecule has 0 heterocycles. The Kier molecular flexibility index (Phi) is 14.2. The van der Waals surface area contributed by atoms with Crippen LogP contribution < -0.4 is 21.7 Å². The molecule has 0 saturated heterocycles. The number of carbonyl (C=O) groups excluding carboxylic acids is 4. The second-order valence-electron chi connectivity index (χ2n) is 12.9. The third-order valence-corrected chi connectivity index (χ3v) is 5.00. The quantitative estimate of drug-likeness (QED) is 0.186. The minimum atomic E-state index is -1.43. The zero-order chi connectivity index (χ0) is 31.6. The first-order valence-corrected chi connectivity index (χ1v) is 13.3. The summed E-state index contributed by atoms with van der Waals surface area (Å²) in [4.78, 5) is 63.3. The Morgan fingerprint density at radius 1 is 0.700 bits per heavy atom. The summed E-state index contributed by atoms with van der Waals surface area (Å²) in [5, 5.41) is 16.9. The van der Waals surface area contributed by atoms with E-state index in [0.717, 1.165) is 0 Å². The van der Waals surface area contributed by atoms with E-state index in [1.54, 1.807) is 76.2 Å². The lowest BCUT2D eigenvalue weighted by atomic mass is 10.0. The highest BCUT2D eigenvalue weighted by Gasteiger charge is 2.34. The van der Waals surface area contributed by atoms with E-state index in [4.69, 9.17) is 19.9 Å². The molecule has 0 unspecified atom stereocenters. The van der Waals surface area contributed by atoms with Crippen LogP contribution in [-0.4, -0.2) is 89.0 Å². The predicted octanol–water partition coefficient (Wildman–Crippen LogP) is 0.871. The molecule has 3 amide bonds. The van der Waals surface area contributed by atoms with Crippen molar-refractivity contribution in [1.82, 2.24) is 16.0 Å². The van der Waals surface area contributed by atoms with Crippen LogP contribution >= 0.6 is 0 Å². The Labute approximate surface area is 237 Å². The maximum absolute atomic E-state index is 13.3. The number of carbonyl (C=O) groups is 5. The zero-order valence-corrected chi connectivity index (χ0v) is 25.8. The molecule has 0 aromatic carbocycles. The third kappa shape index (κ3) is 16.4. The molecular formula is C27H50N4O9. The molecule has 40 heavy (non-hydrogen) atoms. The first kappa shape index (κ1) is 37.2. The van der Waals surface area contributed by atoms with E-state index >= 15 is 0 Å². The molecule has 0 aliphatic rings. The normalized spacial score (nSPS) is 15.4. The molecule has 0 spiro atoms. The Morgan fingerprint density at radius 3 is 1.60 bits per heavy atom. The van der Waals surface area contributed by atoms with E-state index < -0.39 is 83.0 Å². The molecule has 13 heteroatoms. The number of hydrogen-bond acceptors (Lipinski definition) is 9. The standard InChI is InChI=1S/C27H50N4O9/c1-15(2)20(23(35)30-18(24(36)37)14-39-26(6,7)8)31-22(34)17(12-19(32)40-27(9,10)11)29-21(33)16(28)13-38-25(3,4)5/h15-18,20H,12-14,28H2,1-11H3,(H,29,33)(H,30,35)(H,31,34)(H,36,37)/t16-,17-,18-,20-/m0/s1. The van der Waals surface area contributed by atoms with Crippen LogP contribution in [0.15, 0.2) is 0 Å². The molecule has 4 atom stereocenters. The van der Waals surface area contributed by atoms with Gasteiger partial charge >= 0.3 is 11.9 Å². The lowest BCUT2D eigenvalue weighted by molar-refractivity contribution is -0.156. The minimum absolute atomic E-state index is 0.139. The molecule has 6 N–H and O–H groups in total. The van der Waals surface area contributed by atoms with Crippen LogP contribution in [-0.2, 0) is 38.2 Å². The Balaban J connectivity index is 5.79. The number of aliphatic carboxylic acids is 1. The number of nitrogens with two attached hydrogens (primary N) is 1. The number of ether oxygens (including phenoxy) is 3. The molecule has 0 rings (SSSR count). The van der Waals surface area contributed by atoms with Gasteiger partial charge in [-0.3, -0.25) is 19.2 Å². The van der Waals surface area contributed by atoms with Crippen molar-refractivity contribution in [2.24, 2.45) is 11.7 Å². The van der Waals surface area contributed by atoms with Crippen molar-refractivity contribution < 1.29 is 43.3 Å². The summed E-state index contributed by atoms with van der Waals surface area (Å²) in [6.07, 6.45) is -0.536. The summed E-state index contributed by atoms with van der Waals surface area (Å²) in [7, 11) is 0. The fourth-order valence-electron chi connectivity index (χ4n) is 3.01. The van der Waals surface area contributed by atoms with E-state index in [1.807, 2.05) is 0 Å². The summed E-state index contributed by atoms with van der Waals surface area (Å²) in [6, 6.07) is -5.14. The first-order chi connectivity index (χ1) is 17.9. The van der Waals surface area contributed by atoms with Crippen molar-refractivity contribution in [3.63, 3.8) is 0 Å². The molecule has 232 valence electrons. The second-order valence-corrected chi connectivity index (χ2v) is 12.9. The van der Waals surface area contributed by atoms with Gasteiger partial charge in [0.25, 0.3) is 0 Å².